The molecule has 4 N–H and O–H groups in total. The maximum atomic E-state index is 12.4. The second-order valence-corrected chi connectivity index (χ2v) is 7.67. The van der Waals surface area contributed by atoms with Crippen LogP contribution in [0.25, 0.3) is 0 Å². The third-order valence-electron chi connectivity index (χ3n) is 4.53. The van der Waals surface area contributed by atoms with Crippen molar-refractivity contribution in [3.8, 4) is 0 Å². The van der Waals surface area contributed by atoms with Crippen molar-refractivity contribution in [1.29, 1.82) is 0 Å². The van der Waals surface area contributed by atoms with Crippen LogP contribution in [-0.2, 0) is 14.4 Å². The molecule has 0 fully saturated rings. The lowest BCUT2D eigenvalue weighted by atomic mass is 10.0. The van der Waals surface area contributed by atoms with Gasteiger partial charge in [0.15, 0.2) is 7.85 Å². The van der Waals surface area contributed by atoms with Crippen molar-refractivity contribution in [1.82, 2.24) is 21.0 Å². The Balaban J connectivity index is 4.78. The number of unbranched alkanes of at least 4 members (excludes halogenated alkanes) is 1. The zero-order valence-corrected chi connectivity index (χ0v) is 18.2. The topological polar surface area (TPSA) is 111 Å². The summed E-state index contributed by atoms with van der Waals surface area (Å²) in [5, 5.41) is 14.5. The molecular weight excluding hydrogens is 359 g/mol. The highest BCUT2D eigenvalue weighted by molar-refractivity contribution is 6.58. The predicted octanol–water partition coefficient (Wildman–Crippen LogP) is 0.0428. The molecule has 0 aromatic carbocycles. The first-order valence-electron chi connectivity index (χ1n) is 10.5. The quantitative estimate of drug-likeness (QED) is 0.166. The highest BCUT2D eigenvalue weighted by Gasteiger charge is 2.27. The monoisotopic (exact) mass is 398 g/mol. The Bertz CT molecular complexity index is 471. The molecule has 9 heteroatoms. The Morgan fingerprint density at radius 2 is 1.61 bits per heavy atom. The molecule has 0 aliphatic rings. The number of hydroxylamine groups is 1. The summed E-state index contributed by atoms with van der Waals surface area (Å²) in [6, 6.07) is -1.53. The summed E-state index contributed by atoms with van der Waals surface area (Å²) in [5.74, 6) is -0.940. The minimum absolute atomic E-state index is 0.0577. The fourth-order valence-electron chi connectivity index (χ4n) is 3.03. The molecule has 0 rings (SSSR count). The fourth-order valence-corrected chi connectivity index (χ4v) is 3.03. The summed E-state index contributed by atoms with van der Waals surface area (Å²) in [6.45, 7) is 10.9. The molecule has 0 radical (unpaired) electrons. The number of nitrogens with one attached hydrogen (secondary N) is 3. The van der Waals surface area contributed by atoms with Crippen molar-refractivity contribution in [2.45, 2.75) is 71.9 Å². The minimum atomic E-state index is -0.798. The second kappa shape index (κ2) is 15.5. The average molecular weight is 398 g/mol. The Morgan fingerprint density at radius 3 is 2.07 bits per heavy atom. The second-order valence-electron chi connectivity index (χ2n) is 7.67. The normalized spacial score (nSPS) is 13.4. The predicted molar refractivity (Wildman–Crippen MR) is 113 cm³/mol. The molecule has 0 heterocycles. The molecule has 0 aromatic heterocycles. The first-order valence-corrected chi connectivity index (χ1v) is 10.5. The van der Waals surface area contributed by atoms with E-state index in [0.717, 1.165) is 45.3 Å². The summed E-state index contributed by atoms with van der Waals surface area (Å²) in [7, 11) is 1.40. The largest absolute Gasteiger partial charge is 0.348 e. The van der Waals surface area contributed by atoms with Crippen LogP contribution >= 0.6 is 0 Å². The molecule has 0 saturated carbocycles. The van der Waals surface area contributed by atoms with Gasteiger partial charge in [-0.15, -0.1) is 0 Å². The number of hydrogen-bond donors (Lipinski definition) is 4. The van der Waals surface area contributed by atoms with Gasteiger partial charge in [0.2, 0.25) is 11.8 Å². The van der Waals surface area contributed by atoms with Crippen LogP contribution in [0.2, 0.25) is 0 Å². The van der Waals surface area contributed by atoms with E-state index >= 15 is 0 Å². The van der Waals surface area contributed by atoms with E-state index in [0.29, 0.717) is 6.42 Å². The number of carbonyl (C=O) groups is 3. The van der Waals surface area contributed by atoms with Gasteiger partial charge >= 0.3 is 0 Å². The van der Waals surface area contributed by atoms with Crippen molar-refractivity contribution in [3.05, 3.63) is 0 Å². The summed E-state index contributed by atoms with van der Waals surface area (Å²) in [5.41, 5.74) is 1.85. The molecule has 162 valence electrons. The van der Waals surface area contributed by atoms with Crippen molar-refractivity contribution < 1.29 is 19.6 Å². The lowest BCUT2D eigenvalue weighted by Crippen LogP contribution is -2.54. The molecule has 28 heavy (non-hydrogen) atoms. The molecule has 2 amide bonds. The van der Waals surface area contributed by atoms with Gasteiger partial charge in [-0.2, -0.15) is 5.48 Å². The minimum Gasteiger partial charge on any atom is -0.348 e. The van der Waals surface area contributed by atoms with Crippen LogP contribution in [0.5, 0.6) is 0 Å². The molecule has 0 aromatic rings. The third-order valence-corrected chi connectivity index (χ3v) is 4.53. The van der Waals surface area contributed by atoms with E-state index in [1.165, 1.54) is 7.85 Å². The smallest absolute Gasteiger partial charge is 0.242 e. The van der Waals surface area contributed by atoms with Crippen molar-refractivity contribution in [3.63, 3.8) is 0 Å². The lowest BCUT2D eigenvalue weighted by molar-refractivity contribution is -0.132. The van der Waals surface area contributed by atoms with Crippen LogP contribution in [0.3, 0.4) is 0 Å². The van der Waals surface area contributed by atoms with E-state index in [4.69, 9.17) is 0 Å². The first kappa shape index (κ1) is 26.6. The SMILES string of the molecule is BC(=O)CNC(=O)[C@H](CCCCN(CCC)CCC)NC(=O)[C@@H](NO)C(C)C. The molecule has 0 aliphatic carbocycles. The average Bonchev–Trinajstić information content (AvgIpc) is 2.62. The lowest BCUT2D eigenvalue weighted by Gasteiger charge is -2.24. The molecule has 0 aliphatic heterocycles. The number of hydrogen-bond acceptors (Lipinski definition) is 6. The summed E-state index contributed by atoms with van der Waals surface area (Å²) >= 11 is 0. The maximum absolute atomic E-state index is 12.4. The number of amides is 2. The Morgan fingerprint density at radius 1 is 1.00 bits per heavy atom. The Hall–Kier alpha value is -1.45. The fraction of sp³-hybridized carbons (Fsp3) is 0.842. The Kier molecular flexibility index (Phi) is 14.7. The number of rotatable bonds is 16. The maximum Gasteiger partial charge on any atom is 0.242 e. The highest BCUT2D eigenvalue weighted by Crippen LogP contribution is 2.07. The van der Waals surface area contributed by atoms with Crippen LogP contribution in [0.4, 0.5) is 0 Å². The summed E-state index contributed by atoms with van der Waals surface area (Å²) in [4.78, 5) is 38.4. The van der Waals surface area contributed by atoms with Gasteiger partial charge in [-0.05, 0) is 57.7 Å². The van der Waals surface area contributed by atoms with E-state index in [1.54, 1.807) is 13.8 Å². The van der Waals surface area contributed by atoms with Crippen LogP contribution in [0, 0.1) is 5.92 Å². The number of nitrogens with zero attached hydrogens (tertiary/aromatic N) is 1. The zero-order valence-electron chi connectivity index (χ0n) is 18.2. The van der Waals surface area contributed by atoms with Gasteiger partial charge in [0.25, 0.3) is 0 Å². The van der Waals surface area contributed by atoms with Crippen LogP contribution in [0.1, 0.15) is 59.8 Å². The summed E-state index contributed by atoms with van der Waals surface area (Å²) < 4.78 is 0. The molecule has 0 unspecified atom stereocenters. The molecule has 2 atom stereocenters. The van der Waals surface area contributed by atoms with Crippen molar-refractivity contribution in [2.75, 3.05) is 26.2 Å². The molecule has 0 bridgehead atoms. The van der Waals surface area contributed by atoms with Gasteiger partial charge in [0.1, 0.15) is 17.8 Å². The van der Waals surface area contributed by atoms with E-state index in [9.17, 15) is 19.6 Å². The molecule has 0 saturated heterocycles. The van der Waals surface area contributed by atoms with Gasteiger partial charge in [0, 0.05) is 0 Å². The van der Waals surface area contributed by atoms with E-state index < -0.39 is 18.0 Å². The van der Waals surface area contributed by atoms with E-state index in [2.05, 4.69) is 29.4 Å². The van der Waals surface area contributed by atoms with Gasteiger partial charge in [0.05, 0.1) is 6.54 Å². The van der Waals surface area contributed by atoms with Gasteiger partial charge in [-0.3, -0.25) is 9.59 Å². The molecule has 8 nitrogen and oxygen atoms in total. The standard InChI is InChI=1S/C19H39BN4O4/c1-5-10-24(11-6-2)12-8-7-9-15(18(26)21-13-16(20)25)22-19(27)17(23-28)14(3)4/h14-15,17,23,28H,5-13,20H2,1-4H3,(H,21,26)(H,22,27)/t15-,17-/m0/s1. The number of carbonyl (C=O) groups excluding carboxylic acids is 3. The van der Waals surface area contributed by atoms with E-state index in [1.807, 2.05) is 5.48 Å². The van der Waals surface area contributed by atoms with Crippen LogP contribution in [0.15, 0.2) is 0 Å². The van der Waals surface area contributed by atoms with Crippen molar-refractivity contribution >= 4 is 25.3 Å². The van der Waals surface area contributed by atoms with Gasteiger partial charge in [-0.1, -0.05) is 27.7 Å². The highest BCUT2D eigenvalue weighted by atomic mass is 16.5. The summed E-state index contributed by atoms with van der Waals surface area (Å²) in [6.07, 6.45) is 4.41. The van der Waals surface area contributed by atoms with Crippen LogP contribution < -0.4 is 16.1 Å². The zero-order chi connectivity index (χ0) is 21.5. The van der Waals surface area contributed by atoms with E-state index in [-0.39, 0.29) is 24.1 Å². The van der Waals surface area contributed by atoms with Crippen molar-refractivity contribution in [2.24, 2.45) is 5.92 Å². The van der Waals surface area contributed by atoms with Crippen LogP contribution in [-0.4, -0.2) is 73.7 Å². The Labute approximate surface area is 170 Å². The first-order chi connectivity index (χ1) is 13.3. The molecular formula is C19H39BN4O4. The third kappa shape index (κ3) is 11.4. The van der Waals surface area contributed by atoms with Gasteiger partial charge < -0.3 is 25.5 Å². The molecule has 0 spiro atoms. The van der Waals surface area contributed by atoms with Gasteiger partial charge in [-0.25, -0.2) is 0 Å².